The average molecular weight is 143 g/mol. The summed E-state index contributed by atoms with van der Waals surface area (Å²) in [6.07, 6.45) is 2.37. The molecule has 0 aromatic rings. The Labute approximate surface area is 62.5 Å². The van der Waals surface area contributed by atoms with Crippen LogP contribution in [-0.2, 0) is 4.74 Å². The fourth-order valence-electron chi connectivity index (χ4n) is 0.479. The first-order valence-electron chi connectivity index (χ1n) is 3.63. The Bertz CT molecular complexity index is 106. The van der Waals surface area contributed by atoms with Gasteiger partial charge in [0.25, 0.3) is 0 Å². The molecule has 0 spiro atoms. The van der Waals surface area contributed by atoms with E-state index in [2.05, 4.69) is 13.8 Å². The number of ether oxygens (including phenoxy) is 1. The molecule has 0 aliphatic heterocycles. The molecule has 0 saturated heterocycles. The van der Waals surface area contributed by atoms with E-state index in [0.717, 1.165) is 6.42 Å². The van der Waals surface area contributed by atoms with Crippen molar-refractivity contribution in [2.24, 2.45) is 5.92 Å². The Balaban J connectivity index is 3.20. The number of hydrogen-bond donors (Lipinski definition) is 0. The van der Waals surface area contributed by atoms with Gasteiger partial charge in [0.2, 0.25) is 0 Å². The third kappa shape index (κ3) is 5.48. The molecule has 2 nitrogen and oxygen atoms in total. The first kappa shape index (κ1) is 9.34. The van der Waals surface area contributed by atoms with Gasteiger partial charge in [-0.2, -0.15) is 0 Å². The van der Waals surface area contributed by atoms with Gasteiger partial charge in [0.05, 0.1) is 0 Å². The van der Waals surface area contributed by atoms with Crippen LogP contribution in [0.3, 0.4) is 0 Å². The van der Waals surface area contributed by atoms with Crippen molar-refractivity contribution >= 4 is 0 Å². The molecule has 2 heteroatoms. The monoisotopic (exact) mass is 143 g/mol. The highest BCUT2D eigenvalue weighted by Crippen LogP contribution is 2.00. The van der Waals surface area contributed by atoms with Gasteiger partial charge in [-0.1, -0.05) is 19.9 Å². The fourth-order valence-corrected chi connectivity index (χ4v) is 0.479. The molecule has 0 aromatic carbocycles. The highest BCUT2D eigenvalue weighted by atomic mass is 16.6. The SMILES string of the molecule is CC=C([O-])OCCC(C)C. The Morgan fingerprint density at radius 3 is 2.60 bits per heavy atom. The lowest BCUT2D eigenvalue weighted by atomic mass is 10.1. The maximum atomic E-state index is 10.5. The van der Waals surface area contributed by atoms with Gasteiger partial charge < -0.3 is 9.84 Å². The quantitative estimate of drug-likeness (QED) is 0.555. The zero-order valence-corrected chi connectivity index (χ0v) is 6.89. The molecule has 0 aliphatic carbocycles. The summed E-state index contributed by atoms with van der Waals surface area (Å²) >= 11 is 0. The van der Waals surface area contributed by atoms with Gasteiger partial charge in [-0.3, -0.25) is 0 Å². The molecular formula is C8H15O2-. The minimum atomic E-state index is -0.222. The number of allylic oxidation sites excluding steroid dienone is 1. The molecule has 0 saturated carbocycles. The van der Waals surface area contributed by atoms with Crippen LogP contribution in [0.25, 0.3) is 0 Å². The van der Waals surface area contributed by atoms with Crippen LogP contribution < -0.4 is 5.11 Å². The van der Waals surface area contributed by atoms with E-state index in [1.54, 1.807) is 6.92 Å². The van der Waals surface area contributed by atoms with Crippen molar-refractivity contribution in [3.8, 4) is 0 Å². The van der Waals surface area contributed by atoms with Crippen molar-refractivity contribution in [1.29, 1.82) is 0 Å². The number of hydrogen-bond acceptors (Lipinski definition) is 2. The molecule has 0 fully saturated rings. The minimum absolute atomic E-state index is 0.222. The highest BCUT2D eigenvalue weighted by molar-refractivity contribution is 4.73. The Morgan fingerprint density at radius 2 is 2.20 bits per heavy atom. The summed E-state index contributed by atoms with van der Waals surface area (Å²) < 4.78 is 4.81. The van der Waals surface area contributed by atoms with Gasteiger partial charge >= 0.3 is 0 Å². The average Bonchev–Trinajstić information content (AvgIpc) is 1.87. The van der Waals surface area contributed by atoms with E-state index in [9.17, 15) is 5.11 Å². The normalized spacial score (nSPS) is 12.2. The molecule has 10 heavy (non-hydrogen) atoms. The lowest BCUT2D eigenvalue weighted by Gasteiger charge is -2.15. The second-order valence-electron chi connectivity index (χ2n) is 2.64. The van der Waals surface area contributed by atoms with Crippen LogP contribution >= 0.6 is 0 Å². The lowest BCUT2D eigenvalue weighted by Crippen LogP contribution is -2.09. The summed E-state index contributed by atoms with van der Waals surface area (Å²) in [5, 5.41) is 10.5. The van der Waals surface area contributed by atoms with Crippen molar-refractivity contribution in [3.05, 3.63) is 12.0 Å². The molecule has 0 radical (unpaired) electrons. The molecule has 0 rings (SSSR count). The van der Waals surface area contributed by atoms with Crippen LogP contribution in [0.15, 0.2) is 12.0 Å². The van der Waals surface area contributed by atoms with Gasteiger partial charge in [-0.15, -0.1) is 0 Å². The van der Waals surface area contributed by atoms with Crippen LogP contribution in [0.5, 0.6) is 0 Å². The molecule has 60 valence electrons. The molecule has 0 bridgehead atoms. The molecule has 0 N–H and O–H groups in total. The van der Waals surface area contributed by atoms with Crippen LogP contribution in [0.1, 0.15) is 27.2 Å². The first-order chi connectivity index (χ1) is 4.66. The van der Waals surface area contributed by atoms with E-state index in [4.69, 9.17) is 4.74 Å². The van der Waals surface area contributed by atoms with Crippen molar-refractivity contribution in [2.45, 2.75) is 27.2 Å². The van der Waals surface area contributed by atoms with Gasteiger partial charge in [0, 0.05) is 5.95 Å². The van der Waals surface area contributed by atoms with Gasteiger partial charge in [0.1, 0.15) is 0 Å². The molecule has 0 amide bonds. The molecule has 0 aromatic heterocycles. The summed E-state index contributed by atoms with van der Waals surface area (Å²) in [6.45, 7) is 6.42. The van der Waals surface area contributed by atoms with E-state index in [1.807, 2.05) is 0 Å². The predicted molar refractivity (Wildman–Crippen MR) is 39.2 cm³/mol. The van der Waals surface area contributed by atoms with Crippen LogP contribution in [0, 0.1) is 5.92 Å². The predicted octanol–water partition coefficient (Wildman–Crippen LogP) is 1.27. The smallest absolute Gasteiger partial charge is 0.0468 e. The summed E-state index contributed by atoms with van der Waals surface area (Å²) in [5.74, 6) is 0.380. The fraction of sp³-hybridized carbons (Fsp3) is 0.750. The maximum absolute atomic E-state index is 10.5. The first-order valence-corrected chi connectivity index (χ1v) is 3.63. The van der Waals surface area contributed by atoms with Crippen molar-refractivity contribution in [3.63, 3.8) is 0 Å². The maximum Gasteiger partial charge on any atom is 0.0468 e. The highest BCUT2D eigenvalue weighted by Gasteiger charge is 1.88. The lowest BCUT2D eigenvalue weighted by molar-refractivity contribution is -0.357. The third-order valence-electron chi connectivity index (χ3n) is 1.18. The Kier molecular flexibility index (Phi) is 4.81. The van der Waals surface area contributed by atoms with E-state index >= 15 is 0 Å². The van der Waals surface area contributed by atoms with Crippen LogP contribution in [0.4, 0.5) is 0 Å². The summed E-state index contributed by atoms with van der Waals surface area (Å²) in [7, 11) is 0. The largest absolute Gasteiger partial charge is 0.613 e. The van der Waals surface area contributed by atoms with Crippen molar-refractivity contribution in [1.82, 2.24) is 0 Å². The summed E-state index contributed by atoms with van der Waals surface area (Å²) in [4.78, 5) is 0. The van der Waals surface area contributed by atoms with Crippen LogP contribution in [-0.4, -0.2) is 6.61 Å². The molecule has 0 unspecified atom stereocenters. The van der Waals surface area contributed by atoms with Gasteiger partial charge in [-0.05, 0) is 25.9 Å². The topological polar surface area (TPSA) is 32.3 Å². The van der Waals surface area contributed by atoms with Gasteiger partial charge in [0.15, 0.2) is 0 Å². The van der Waals surface area contributed by atoms with E-state index in [0.29, 0.717) is 12.5 Å². The third-order valence-corrected chi connectivity index (χ3v) is 1.18. The standard InChI is InChI=1S/C8H16O2/c1-4-8(9)10-6-5-7(2)3/h4,7,9H,5-6H2,1-3H3/p-1. The minimum Gasteiger partial charge on any atom is -0.613 e. The molecule has 0 aliphatic rings. The number of rotatable bonds is 4. The van der Waals surface area contributed by atoms with Crippen molar-refractivity contribution in [2.75, 3.05) is 6.61 Å². The summed E-state index contributed by atoms with van der Waals surface area (Å²) in [6, 6.07) is 0. The molecule has 0 heterocycles. The second-order valence-corrected chi connectivity index (χ2v) is 2.64. The zero-order chi connectivity index (χ0) is 7.98. The van der Waals surface area contributed by atoms with E-state index in [-0.39, 0.29) is 5.95 Å². The molecular weight excluding hydrogens is 128 g/mol. The Hall–Kier alpha value is -0.660. The molecule has 0 atom stereocenters. The second kappa shape index (κ2) is 5.15. The zero-order valence-electron chi connectivity index (χ0n) is 6.89. The van der Waals surface area contributed by atoms with Crippen molar-refractivity contribution < 1.29 is 9.84 Å². The van der Waals surface area contributed by atoms with E-state index < -0.39 is 0 Å². The van der Waals surface area contributed by atoms with Gasteiger partial charge in [-0.25, -0.2) is 0 Å². The Morgan fingerprint density at radius 1 is 1.60 bits per heavy atom. The van der Waals surface area contributed by atoms with E-state index in [1.165, 1.54) is 6.08 Å². The summed E-state index contributed by atoms with van der Waals surface area (Å²) in [5.41, 5.74) is 0. The van der Waals surface area contributed by atoms with Crippen LogP contribution in [0.2, 0.25) is 0 Å².